The summed E-state index contributed by atoms with van der Waals surface area (Å²) in [6.07, 6.45) is 21.1. The molecule has 1 N–H and O–H groups in total. The zero-order chi connectivity index (χ0) is 21.8. The summed E-state index contributed by atoms with van der Waals surface area (Å²) >= 11 is -1.72. The van der Waals surface area contributed by atoms with Crippen molar-refractivity contribution in [1.29, 1.82) is 0 Å². The molecule has 178 valence electrons. The van der Waals surface area contributed by atoms with Gasteiger partial charge in [-0.2, -0.15) is 0 Å². The van der Waals surface area contributed by atoms with E-state index < -0.39 is 21.4 Å². The van der Waals surface area contributed by atoms with Crippen molar-refractivity contribution < 1.29 is 18.5 Å². The first-order valence-electron chi connectivity index (χ1n) is 12.4. The van der Waals surface area contributed by atoms with E-state index in [1.54, 1.807) is 0 Å². The maximum atomic E-state index is 11.8. The molecule has 0 fully saturated rings. The molecule has 0 aliphatic rings. The van der Waals surface area contributed by atoms with Gasteiger partial charge in [-0.05, 0) is 0 Å². The second-order valence-corrected chi connectivity index (χ2v) is 23.0. The van der Waals surface area contributed by atoms with Crippen molar-refractivity contribution in [3.63, 3.8) is 0 Å². The van der Waals surface area contributed by atoms with E-state index >= 15 is 0 Å². The zero-order valence-corrected chi connectivity index (χ0v) is 23.0. The molecule has 0 spiro atoms. The van der Waals surface area contributed by atoms with Crippen molar-refractivity contribution in [2.45, 2.75) is 132 Å². The molecule has 0 aromatic rings. The maximum absolute atomic E-state index is 11.8. The second kappa shape index (κ2) is 19.4. The van der Waals surface area contributed by atoms with E-state index in [1.807, 2.05) is 0 Å². The van der Waals surface area contributed by atoms with E-state index in [2.05, 4.69) is 24.1 Å². The Bertz CT molecular complexity index is 399. The Balaban J connectivity index is 3.28. The Hall–Kier alpha value is 0.668. The fourth-order valence-corrected chi connectivity index (χ4v) is 5.95. The molecule has 0 aliphatic carbocycles. The van der Waals surface area contributed by atoms with Gasteiger partial charge < -0.3 is 0 Å². The Morgan fingerprint density at radius 2 is 0.966 bits per heavy atom. The first-order chi connectivity index (χ1) is 13.8. The Labute approximate surface area is 185 Å². The molecule has 0 amide bonds. The first kappa shape index (κ1) is 29.7. The Kier molecular flexibility index (Phi) is 19.8. The summed E-state index contributed by atoms with van der Waals surface area (Å²) in [5.74, 6) is 0. The molecule has 1 unspecified atom stereocenters. The van der Waals surface area contributed by atoms with Crippen LogP contribution in [0.5, 0.6) is 0 Å². The van der Waals surface area contributed by atoms with Crippen molar-refractivity contribution in [3.05, 3.63) is 0 Å². The van der Waals surface area contributed by atoms with E-state index in [0.29, 0.717) is 13.2 Å². The Morgan fingerprint density at radius 3 is 1.34 bits per heavy atom. The van der Waals surface area contributed by atoms with Crippen LogP contribution >= 0.6 is 7.82 Å². The van der Waals surface area contributed by atoms with Gasteiger partial charge in [0, 0.05) is 0 Å². The van der Waals surface area contributed by atoms with Crippen LogP contribution in [0.1, 0.15) is 110 Å². The van der Waals surface area contributed by atoms with Gasteiger partial charge in [-0.25, -0.2) is 0 Å². The van der Waals surface area contributed by atoms with Crippen molar-refractivity contribution in [1.82, 2.24) is 0 Å². The van der Waals surface area contributed by atoms with Gasteiger partial charge in [0.1, 0.15) is 0 Å². The van der Waals surface area contributed by atoms with Crippen LogP contribution in [0, 0.1) is 0 Å². The number of phosphoric acid groups is 1. The van der Waals surface area contributed by atoms with Gasteiger partial charge in [0.05, 0.1) is 0 Å². The van der Waals surface area contributed by atoms with Crippen molar-refractivity contribution in [2.24, 2.45) is 0 Å². The minimum atomic E-state index is -3.84. The molecule has 29 heavy (non-hydrogen) atoms. The summed E-state index contributed by atoms with van der Waals surface area (Å²) in [7, 11) is -3.84. The molecule has 0 aliphatic heterocycles. The van der Waals surface area contributed by atoms with Crippen molar-refractivity contribution in [2.75, 3.05) is 13.2 Å². The van der Waals surface area contributed by atoms with E-state index in [4.69, 9.17) is 9.05 Å². The number of hydrogen-bond donors (Lipinski definition) is 1. The second-order valence-electron chi connectivity index (χ2n) is 9.75. The van der Waals surface area contributed by atoms with Gasteiger partial charge in [0.15, 0.2) is 0 Å². The fraction of sp³-hybridized carbons (Fsp3) is 1.00. The summed E-state index contributed by atoms with van der Waals surface area (Å²) in [5.41, 5.74) is 6.80. The standard InChI is InChI=1S/C23H52AsO4P/c1-5-6-7-8-9-10-11-12-13-14-15-16-17-18-19-20-22-27-29(25,26)28-23-21-24(2,3)4/h24H,5-23H2,1-4H3,(H,25,26). The topological polar surface area (TPSA) is 55.8 Å². The number of rotatable bonds is 22. The third-order valence-corrected chi connectivity index (χ3v) is 9.95. The number of unbranched alkanes of at least 4 members (excludes halogenated alkanes) is 15. The van der Waals surface area contributed by atoms with Gasteiger partial charge in [-0.1, -0.05) is 71.1 Å². The predicted octanol–water partition coefficient (Wildman–Crippen LogP) is 8.45. The summed E-state index contributed by atoms with van der Waals surface area (Å²) in [6.45, 7) is 2.94. The molecule has 1 atom stereocenters. The molecule has 0 saturated carbocycles. The molecular formula is C23H52AsO4P. The molecule has 0 heterocycles. The zero-order valence-electron chi connectivity index (χ0n) is 20.1. The van der Waals surface area contributed by atoms with Gasteiger partial charge in [-0.3, -0.25) is 0 Å². The van der Waals surface area contributed by atoms with E-state index in [1.165, 1.54) is 89.9 Å². The molecule has 6 heteroatoms. The van der Waals surface area contributed by atoms with Crippen LogP contribution in [-0.4, -0.2) is 31.7 Å². The molecule has 4 nitrogen and oxygen atoms in total. The van der Waals surface area contributed by atoms with Gasteiger partial charge >= 0.3 is 114 Å². The average Bonchev–Trinajstić information content (AvgIpc) is 2.63. The van der Waals surface area contributed by atoms with Crippen LogP contribution < -0.4 is 0 Å². The van der Waals surface area contributed by atoms with Crippen molar-refractivity contribution >= 4 is 21.4 Å². The third-order valence-electron chi connectivity index (χ3n) is 5.36. The average molecular weight is 499 g/mol. The van der Waals surface area contributed by atoms with Gasteiger partial charge in [0.25, 0.3) is 0 Å². The van der Waals surface area contributed by atoms with Crippen LogP contribution in [-0.2, 0) is 13.6 Å². The molecule has 0 aromatic heterocycles. The normalized spacial score (nSPS) is 14.8. The monoisotopic (exact) mass is 498 g/mol. The van der Waals surface area contributed by atoms with Crippen LogP contribution in [0.2, 0.25) is 22.3 Å². The molecule has 0 saturated heterocycles. The minimum absolute atomic E-state index is 0.323. The van der Waals surface area contributed by atoms with Crippen LogP contribution in [0.15, 0.2) is 0 Å². The molecule has 0 rings (SSSR count). The van der Waals surface area contributed by atoms with E-state index in [-0.39, 0.29) is 0 Å². The van der Waals surface area contributed by atoms with E-state index in [0.717, 1.165) is 18.1 Å². The summed E-state index contributed by atoms with van der Waals surface area (Å²) in [5, 5.41) is 0.924. The third kappa shape index (κ3) is 24.8. The van der Waals surface area contributed by atoms with Gasteiger partial charge in [0.2, 0.25) is 0 Å². The summed E-state index contributed by atoms with van der Waals surface area (Å²) in [6, 6.07) is 0. The van der Waals surface area contributed by atoms with Crippen molar-refractivity contribution in [3.8, 4) is 0 Å². The first-order valence-corrected chi connectivity index (χ1v) is 21.7. The molecule has 0 radical (unpaired) electrons. The fourth-order valence-electron chi connectivity index (χ4n) is 3.33. The van der Waals surface area contributed by atoms with Crippen LogP contribution in [0.3, 0.4) is 0 Å². The molecular weight excluding hydrogens is 446 g/mol. The van der Waals surface area contributed by atoms with E-state index in [9.17, 15) is 9.46 Å². The number of phosphoric ester groups is 1. The van der Waals surface area contributed by atoms with Gasteiger partial charge in [-0.15, -0.1) is 0 Å². The number of hydrogen-bond acceptors (Lipinski definition) is 3. The Morgan fingerprint density at radius 1 is 0.621 bits per heavy atom. The van der Waals surface area contributed by atoms with Crippen LogP contribution in [0.25, 0.3) is 0 Å². The molecule has 0 bridgehead atoms. The summed E-state index contributed by atoms with van der Waals surface area (Å²) < 4.78 is 21.9. The predicted molar refractivity (Wildman–Crippen MR) is 131 cm³/mol. The van der Waals surface area contributed by atoms with Crippen LogP contribution in [0.4, 0.5) is 0 Å². The quantitative estimate of drug-likeness (QED) is 0.0924. The summed E-state index contributed by atoms with van der Waals surface area (Å²) in [4.78, 5) is 9.67. The molecule has 0 aromatic carbocycles. The SMILES string of the molecule is CCCCCCCCCCCCCCCCCCOP(=O)(O)OCC[AsH](C)(C)C.